The first-order valence-corrected chi connectivity index (χ1v) is 12.0. The van der Waals surface area contributed by atoms with Gasteiger partial charge >= 0.3 is 0 Å². The second-order valence-electron chi connectivity index (χ2n) is 5.97. The topological polar surface area (TPSA) is 0 Å². The van der Waals surface area contributed by atoms with Gasteiger partial charge in [-0.1, -0.05) is 53.9 Å². The van der Waals surface area contributed by atoms with Crippen molar-refractivity contribution in [1.29, 1.82) is 0 Å². The lowest BCUT2D eigenvalue weighted by Gasteiger charge is -2.50. The first kappa shape index (κ1) is 13.7. The molecule has 0 aromatic carbocycles. The van der Waals surface area contributed by atoms with Gasteiger partial charge in [0.15, 0.2) is 7.38 Å². The van der Waals surface area contributed by atoms with Gasteiger partial charge in [0.25, 0.3) is 0 Å². The third kappa shape index (κ3) is 2.39. The Morgan fingerprint density at radius 1 is 1.00 bits per heavy atom. The number of hydrogen-bond donors (Lipinski definition) is 0. The van der Waals surface area contributed by atoms with Crippen LogP contribution in [0.1, 0.15) is 27.7 Å². The van der Waals surface area contributed by atoms with E-state index in [2.05, 4.69) is 53.9 Å². The standard InChI is InChI=1S/C10H25ClSi2/c1-9(2,12(5)6)10(3,4)13(7,8)11/h12H,1-8H3. The molecule has 0 aromatic rings. The van der Waals surface area contributed by atoms with Crippen LogP contribution in [0.3, 0.4) is 0 Å². The number of halogens is 1. The Bertz CT molecular complexity index is 178. The molecule has 0 saturated carbocycles. The van der Waals surface area contributed by atoms with Crippen LogP contribution in [-0.2, 0) is 0 Å². The van der Waals surface area contributed by atoms with Gasteiger partial charge in [0.2, 0.25) is 0 Å². The number of hydrogen-bond acceptors (Lipinski definition) is 0. The Morgan fingerprint density at radius 3 is 1.38 bits per heavy atom. The summed E-state index contributed by atoms with van der Waals surface area (Å²) < 4.78 is 0. The van der Waals surface area contributed by atoms with E-state index in [1.807, 2.05) is 0 Å². The van der Waals surface area contributed by atoms with Crippen LogP contribution < -0.4 is 0 Å². The van der Waals surface area contributed by atoms with E-state index >= 15 is 0 Å². The summed E-state index contributed by atoms with van der Waals surface area (Å²) in [6.07, 6.45) is 0. The Balaban J connectivity index is 5.04. The van der Waals surface area contributed by atoms with Crippen LogP contribution in [-0.4, -0.2) is 16.2 Å². The van der Waals surface area contributed by atoms with Crippen molar-refractivity contribution in [3.8, 4) is 0 Å². The Labute approximate surface area is 91.4 Å². The molecule has 0 aromatic heterocycles. The molecule has 0 radical (unpaired) electrons. The smallest absolute Gasteiger partial charge is 0.156 e. The highest BCUT2D eigenvalue weighted by molar-refractivity contribution is 7.21. The quantitative estimate of drug-likeness (QED) is 0.501. The molecule has 0 aliphatic rings. The van der Waals surface area contributed by atoms with Crippen LogP contribution in [0.15, 0.2) is 0 Å². The summed E-state index contributed by atoms with van der Waals surface area (Å²) in [7, 11) is -2.23. The van der Waals surface area contributed by atoms with Crippen molar-refractivity contribution in [3.63, 3.8) is 0 Å². The van der Waals surface area contributed by atoms with Gasteiger partial charge in [-0.15, -0.1) is 0 Å². The second-order valence-corrected chi connectivity index (χ2v) is 16.8. The minimum Gasteiger partial charge on any atom is -0.167 e. The van der Waals surface area contributed by atoms with Crippen LogP contribution >= 0.6 is 11.1 Å². The highest BCUT2D eigenvalue weighted by atomic mass is 35.6. The minimum atomic E-state index is -1.58. The first-order valence-electron chi connectivity index (χ1n) is 5.13. The van der Waals surface area contributed by atoms with Crippen molar-refractivity contribution in [2.75, 3.05) is 0 Å². The van der Waals surface area contributed by atoms with Gasteiger partial charge in [0.1, 0.15) is 0 Å². The predicted octanol–water partition coefficient (Wildman–Crippen LogP) is 4.48. The minimum absolute atomic E-state index is 0.321. The number of rotatable bonds is 3. The van der Waals surface area contributed by atoms with Gasteiger partial charge in [0.05, 0.1) is 0 Å². The molecular weight excluding hydrogens is 212 g/mol. The average molecular weight is 237 g/mol. The molecule has 0 saturated heterocycles. The van der Waals surface area contributed by atoms with Crippen molar-refractivity contribution in [2.45, 2.75) is 64.0 Å². The van der Waals surface area contributed by atoms with Crippen molar-refractivity contribution in [2.24, 2.45) is 0 Å². The van der Waals surface area contributed by atoms with E-state index in [0.717, 1.165) is 0 Å². The lowest BCUT2D eigenvalue weighted by molar-refractivity contribution is 0.475. The van der Waals surface area contributed by atoms with Crippen molar-refractivity contribution < 1.29 is 0 Å². The maximum absolute atomic E-state index is 6.61. The van der Waals surface area contributed by atoms with Crippen LogP contribution in [0.25, 0.3) is 0 Å². The fourth-order valence-electron chi connectivity index (χ4n) is 1.49. The summed E-state index contributed by atoms with van der Waals surface area (Å²) in [5.41, 5.74) is 0. The molecule has 13 heavy (non-hydrogen) atoms. The summed E-state index contributed by atoms with van der Waals surface area (Å²) >= 11 is 6.61. The zero-order valence-electron chi connectivity index (χ0n) is 10.5. The second kappa shape index (κ2) is 3.71. The highest BCUT2D eigenvalue weighted by Crippen LogP contribution is 2.59. The molecular formula is C10H25ClSi2. The maximum Gasteiger partial charge on any atom is 0.156 e. The van der Waals surface area contributed by atoms with E-state index in [0.29, 0.717) is 10.1 Å². The molecule has 0 heterocycles. The van der Waals surface area contributed by atoms with E-state index in [1.165, 1.54) is 0 Å². The molecule has 0 aliphatic carbocycles. The summed E-state index contributed by atoms with van der Waals surface area (Å²) in [4.78, 5) is 0. The van der Waals surface area contributed by atoms with Crippen molar-refractivity contribution >= 4 is 27.3 Å². The highest BCUT2D eigenvalue weighted by Gasteiger charge is 2.50. The fraction of sp³-hybridized carbons (Fsp3) is 1.00. The van der Waals surface area contributed by atoms with Gasteiger partial charge in [-0.3, -0.25) is 0 Å². The van der Waals surface area contributed by atoms with Crippen LogP contribution in [0.5, 0.6) is 0 Å². The summed E-state index contributed by atoms with van der Waals surface area (Å²) in [5, 5.41) is 0.770. The van der Waals surface area contributed by atoms with E-state index < -0.39 is 16.2 Å². The van der Waals surface area contributed by atoms with Crippen LogP contribution in [0.2, 0.25) is 36.3 Å². The van der Waals surface area contributed by atoms with Gasteiger partial charge in [-0.05, 0) is 10.1 Å². The lowest BCUT2D eigenvalue weighted by Crippen LogP contribution is -2.45. The molecule has 0 atom stereocenters. The molecule has 0 bridgehead atoms. The summed E-state index contributed by atoms with van der Waals surface area (Å²) in [5.74, 6) is 0. The summed E-state index contributed by atoms with van der Waals surface area (Å²) in [6, 6.07) is 0. The van der Waals surface area contributed by atoms with Crippen molar-refractivity contribution in [3.05, 3.63) is 0 Å². The molecule has 0 rings (SSSR count). The van der Waals surface area contributed by atoms with Gasteiger partial charge in [-0.25, -0.2) is 0 Å². The Morgan fingerprint density at radius 2 is 1.31 bits per heavy atom. The van der Waals surface area contributed by atoms with Gasteiger partial charge in [-0.2, -0.15) is 11.1 Å². The average Bonchev–Trinajstić information content (AvgIpc) is 1.84. The Kier molecular flexibility index (Phi) is 3.91. The van der Waals surface area contributed by atoms with Gasteiger partial charge < -0.3 is 0 Å². The summed E-state index contributed by atoms with van der Waals surface area (Å²) in [6.45, 7) is 18.9. The molecule has 0 spiro atoms. The van der Waals surface area contributed by atoms with E-state index in [-0.39, 0.29) is 0 Å². The molecule has 0 unspecified atom stereocenters. The molecule has 80 valence electrons. The zero-order valence-corrected chi connectivity index (χ0v) is 13.4. The molecule has 3 heteroatoms. The fourth-order valence-corrected chi connectivity index (χ4v) is 7.42. The lowest BCUT2D eigenvalue weighted by atomic mass is 9.97. The van der Waals surface area contributed by atoms with Gasteiger partial charge in [0, 0.05) is 8.80 Å². The molecule has 0 nitrogen and oxygen atoms in total. The van der Waals surface area contributed by atoms with Crippen LogP contribution in [0.4, 0.5) is 0 Å². The maximum atomic E-state index is 6.61. The molecule has 0 N–H and O–H groups in total. The van der Waals surface area contributed by atoms with E-state index in [1.54, 1.807) is 0 Å². The SMILES string of the molecule is C[SiH](C)C(C)(C)C(C)(C)[Si](C)(C)Cl. The van der Waals surface area contributed by atoms with E-state index in [9.17, 15) is 0 Å². The predicted molar refractivity (Wildman–Crippen MR) is 70.3 cm³/mol. The molecule has 0 fully saturated rings. The first-order chi connectivity index (χ1) is 5.44. The Hall–Kier alpha value is 0.724. The zero-order chi connectivity index (χ0) is 11.1. The molecule has 0 aliphatic heterocycles. The molecule has 0 amide bonds. The monoisotopic (exact) mass is 236 g/mol. The van der Waals surface area contributed by atoms with Crippen molar-refractivity contribution in [1.82, 2.24) is 0 Å². The van der Waals surface area contributed by atoms with E-state index in [4.69, 9.17) is 11.1 Å². The van der Waals surface area contributed by atoms with Crippen LogP contribution in [0, 0.1) is 0 Å². The normalized spacial score (nSPS) is 15.2. The third-order valence-electron chi connectivity index (χ3n) is 4.54. The largest absolute Gasteiger partial charge is 0.167 e. The third-order valence-corrected chi connectivity index (χ3v) is 13.5.